The molecule has 1 aromatic carbocycles. The molecule has 0 saturated carbocycles. The molecule has 4 heteroatoms. The first-order chi connectivity index (χ1) is 8.49. The minimum absolute atomic E-state index is 0.295. The van der Waals surface area contributed by atoms with Crippen molar-refractivity contribution in [1.82, 2.24) is 4.90 Å². The number of hydrogen-bond donors (Lipinski definition) is 1. The van der Waals surface area contributed by atoms with Gasteiger partial charge < -0.3 is 14.9 Å². The van der Waals surface area contributed by atoms with Crippen molar-refractivity contribution in [2.45, 2.75) is 26.0 Å². The SMILES string of the molecule is CC(O)c1cc(F)ccc1N1CCN(C)C(C)C1. The lowest BCUT2D eigenvalue weighted by atomic mass is 10.1. The van der Waals surface area contributed by atoms with E-state index < -0.39 is 6.10 Å². The fourth-order valence-electron chi connectivity index (χ4n) is 2.42. The molecule has 100 valence electrons. The van der Waals surface area contributed by atoms with E-state index in [-0.39, 0.29) is 5.82 Å². The van der Waals surface area contributed by atoms with Crippen molar-refractivity contribution >= 4 is 5.69 Å². The molecule has 0 radical (unpaired) electrons. The van der Waals surface area contributed by atoms with Crippen molar-refractivity contribution in [3.63, 3.8) is 0 Å². The summed E-state index contributed by atoms with van der Waals surface area (Å²) in [5.41, 5.74) is 1.62. The van der Waals surface area contributed by atoms with Gasteiger partial charge in [-0.2, -0.15) is 0 Å². The van der Waals surface area contributed by atoms with Crippen LogP contribution in [0, 0.1) is 5.82 Å². The van der Waals surface area contributed by atoms with Crippen LogP contribution in [0.3, 0.4) is 0 Å². The van der Waals surface area contributed by atoms with Crippen LogP contribution in [-0.2, 0) is 0 Å². The van der Waals surface area contributed by atoms with Gasteiger partial charge in [0, 0.05) is 36.9 Å². The van der Waals surface area contributed by atoms with Gasteiger partial charge in [-0.3, -0.25) is 0 Å². The van der Waals surface area contributed by atoms with Gasteiger partial charge in [0.05, 0.1) is 6.10 Å². The lowest BCUT2D eigenvalue weighted by Gasteiger charge is -2.40. The lowest BCUT2D eigenvalue weighted by molar-refractivity contribution is 0.197. The van der Waals surface area contributed by atoms with Crippen molar-refractivity contribution < 1.29 is 9.50 Å². The maximum atomic E-state index is 13.3. The zero-order valence-corrected chi connectivity index (χ0v) is 11.2. The summed E-state index contributed by atoms with van der Waals surface area (Å²) in [6.45, 7) is 6.65. The van der Waals surface area contributed by atoms with Gasteiger partial charge in [-0.15, -0.1) is 0 Å². The van der Waals surface area contributed by atoms with Gasteiger partial charge in [0.25, 0.3) is 0 Å². The Morgan fingerprint density at radius 3 is 2.72 bits per heavy atom. The average molecular weight is 252 g/mol. The summed E-state index contributed by atoms with van der Waals surface area (Å²) in [6.07, 6.45) is -0.648. The molecule has 0 amide bonds. The Balaban J connectivity index is 2.28. The molecule has 1 aliphatic heterocycles. The highest BCUT2D eigenvalue weighted by molar-refractivity contribution is 5.55. The second-order valence-corrected chi connectivity index (χ2v) is 5.15. The van der Waals surface area contributed by atoms with Crippen molar-refractivity contribution in [1.29, 1.82) is 0 Å². The summed E-state index contributed by atoms with van der Waals surface area (Å²) in [6, 6.07) is 5.13. The molecule has 0 bridgehead atoms. The third kappa shape index (κ3) is 2.65. The van der Waals surface area contributed by atoms with Crippen LogP contribution in [0.2, 0.25) is 0 Å². The van der Waals surface area contributed by atoms with Gasteiger partial charge in [0.15, 0.2) is 0 Å². The van der Waals surface area contributed by atoms with Crippen molar-refractivity contribution in [2.75, 3.05) is 31.6 Å². The summed E-state index contributed by atoms with van der Waals surface area (Å²) in [5, 5.41) is 9.77. The second-order valence-electron chi connectivity index (χ2n) is 5.15. The summed E-state index contributed by atoms with van der Waals surface area (Å²) >= 11 is 0. The zero-order valence-electron chi connectivity index (χ0n) is 11.2. The third-order valence-corrected chi connectivity index (χ3v) is 3.74. The largest absolute Gasteiger partial charge is 0.389 e. The van der Waals surface area contributed by atoms with Crippen LogP contribution in [0.4, 0.5) is 10.1 Å². The Morgan fingerprint density at radius 2 is 2.11 bits per heavy atom. The number of halogens is 1. The van der Waals surface area contributed by atoms with E-state index in [1.807, 2.05) is 0 Å². The standard InChI is InChI=1S/C14H21FN2O/c1-10-9-17(7-6-16(10)3)14-5-4-12(15)8-13(14)11(2)18/h4-5,8,10-11,18H,6-7,9H2,1-3H3. The number of benzene rings is 1. The van der Waals surface area contributed by atoms with Crippen molar-refractivity contribution in [3.05, 3.63) is 29.6 Å². The summed E-state index contributed by atoms with van der Waals surface area (Å²) in [4.78, 5) is 4.54. The molecule has 0 aromatic heterocycles. The van der Waals surface area contributed by atoms with Gasteiger partial charge >= 0.3 is 0 Å². The third-order valence-electron chi connectivity index (χ3n) is 3.74. The molecular formula is C14H21FN2O. The number of aliphatic hydroxyl groups is 1. The van der Waals surface area contributed by atoms with Gasteiger partial charge in [0.2, 0.25) is 0 Å². The fraction of sp³-hybridized carbons (Fsp3) is 0.571. The van der Waals surface area contributed by atoms with E-state index >= 15 is 0 Å². The van der Waals surface area contributed by atoms with E-state index in [9.17, 15) is 9.50 Å². The predicted molar refractivity (Wildman–Crippen MR) is 71.3 cm³/mol. The average Bonchev–Trinajstić information content (AvgIpc) is 2.32. The van der Waals surface area contributed by atoms with Crippen LogP contribution >= 0.6 is 0 Å². The van der Waals surface area contributed by atoms with Crippen LogP contribution < -0.4 is 4.90 Å². The second kappa shape index (κ2) is 5.24. The molecule has 0 aliphatic carbocycles. The van der Waals surface area contributed by atoms with E-state index in [2.05, 4.69) is 23.8 Å². The number of hydrogen-bond acceptors (Lipinski definition) is 3. The first-order valence-corrected chi connectivity index (χ1v) is 6.41. The molecular weight excluding hydrogens is 231 g/mol. The predicted octanol–water partition coefficient (Wildman–Crippen LogP) is 2.02. The van der Waals surface area contributed by atoms with Crippen LogP contribution in [0.5, 0.6) is 0 Å². The first kappa shape index (κ1) is 13.3. The van der Waals surface area contributed by atoms with Crippen LogP contribution in [0.15, 0.2) is 18.2 Å². The Hall–Kier alpha value is -1.13. The Bertz CT molecular complexity index is 422. The first-order valence-electron chi connectivity index (χ1n) is 6.41. The van der Waals surface area contributed by atoms with Crippen LogP contribution in [0.1, 0.15) is 25.5 Å². The van der Waals surface area contributed by atoms with E-state index in [1.165, 1.54) is 12.1 Å². The molecule has 2 atom stereocenters. The molecule has 1 fully saturated rings. The highest BCUT2D eigenvalue weighted by Crippen LogP contribution is 2.28. The molecule has 3 nitrogen and oxygen atoms in total. The van der Waals surface area contributed by atoms with Crippen molar-refractivity contribution in [3.8, 4) is 0 Å². The van der Waals surface area contributed by atoms with Gasteiger partial charge in [-0.1, -0.05) is 0 Å². The maximum absolute atomic E-state index is 13.3. The number of aliphatic hydroxyl groups excluding tert-OH is 1. The minimum atomic E-state index is -0.648. The topological polar surface area (TPSA) is 26.7 Å². The summed E-state index contributed by atoms with van der Waals surface area (Å²) in [7, 11) is 2.11. The number of likely N-dealkylation sites (N-methyl/N-ethyl adjacent to an activating group) is 1. The number of nitrogens with zero attached hydrogens (tertiary/aromatic N) is 2. The fourth-order valence-corrected chi connectivity index (χ4v) is 2.42. The van der Waals surface area contributed by atoms with Gasteiger partial charge in [0.1, 0.15) is 5.82 Å². The Morgan fingerprint density at radius 1 is 1.39 bits per heavy atom. The summed E-state index contributed by atoms with van der Waals surface area (Å²) < 4.78 is 13.3. The number of rotatable bonds is 2. The molecule has 18 heavy (non-hydrogen) atoms. The Labute approximate surface area is 108 Å². The van der Waals surface area contributed by atoms with Crippen LogP contribution in [0.25, 0.3) is 0 Å². The normalized spacial score (nSPS) is 23.2. The highest BCUT2D eigenvalue weighted by atomic mass is 19.1. The molecule has 0 spiro atoms. The monoisotopic (exact) mass is 252 g/mol. The molecule has 1 aromatic rings. The quantitative estimate of drug-likeness (QED) is 0.872. The smallest absolute Gasteiger partial charge is 0.123 e. The number of anilines is 1. The molecule has 1 saturated heterocycles. The zero-order chi connectivity index (χ0) is 13.3. The van der Waals surface area contributed by atoms with Gasteiger partial charge in [-0.05, 0) is 39.1 Å². The Kier molecular flexibility index (Phi) is 3.88. The lowest BCUT2D eigenvalue weighted by Crippen LogP contribution is -2.50. The van der Waals surface area contributed by atoms with E-state index in [1.54, 1.807) is 13.0 Å². The van der Waals surface area contributed by atoms with Crippen LogP contribution in [-0.4, -0.2) is 42.7 Å². The van der Waals surface area contributed by atoms with Gasteiger partial charge in [-0.25, -0.2) is 4.39 Å². The molecule has 2 rings (SSSR count). The van der Waals surface area contributed by atoms with Crippen molar-refractivity contribution in [2.24, 2.45) is 0 Å². The summed E-state index contributed by atoms with van der Waals surface area (Å²) in [5.74, 6) is -0.295. The van der Waals surface area contributed by atoms with E-state index in [4.69, 9.17) is 0 Å². The molecule has 1 heterocycles. The molecule has 1 aliphatic rings. The number of piperazine rings is 1. The molecule has 2 unspecified atom stereocenters. The van der Waals surface area contributed by atoms with E-state index in [0.717, 1.165) is 25.3 Å². The minimum Gasteiger partial charge on any atom is -0.389 e. The highest BCUT2D eigenvalue weighted by Gasteiger charge is 2.23. The molecule has 1 N–H and O–H groups in total. The van der Waals surface area contributed by atoms with E-state index in [0.29, 0.717) is 11.6 Å². The maximum Gasteiger partial charge on any atom is 0.123 e.